The van der Waals surface area contributed by atoms with E-state index in [2.05, 4.69) is 15.5 Å². The lowest BCUT2D eigenvalue weighted by molar-refractivity contribution is -0.121. The Balaban J connectivity index is 1.53. The number of aryl methyl sites for hydroxylation is 1. The van der Waals surface area contributed by atoms with Gasteiger partial charge in [0, 0.05) is 10.9 Å². The Labute approximate surface area is 191 Å². The van der Waals surface area contributed by atoms with Crippen molar-refractivity contribution in [3.8, 4) is 11.1 Å². The van der Waals surface area contributed by atoms with Crippen LogP contribution >= 0.6 is 34.5 Å². The van der Waals surface area contributed by atoms with E-state index in [0.29, 0.717) is 25.8 Å². The van der Waals surface area contributed by atoms with E-state index in [1.54, 1.807) is 18.2 Å². The van der Waals surface area contributed by atoms with Gasteiger partial charge in [-0.3, -0.25) is 14.2 Å². The molecule has 0 unspecified atom stereocenters. The van der Waals surface area contributed by atoms with Crippen LogP contribution in [-0.4, -0.2) is 21.7 Å². The van der Waals surface area contributed by atoms with Crippen LogP contribution in [0.2, 0.25) is 10.0 Å². The minimum Gasteiger partial charge on any atom is -0.289 e. The molecule has 0 atom stereocenters. The van der Waals surface area contributed by atoms with Crippen molar-refractivity contribution in [2.24, 2.45) is 5.10 Å². The summed E-state index contributed by atoms with van der Waals surface area (Å²) >= 11 is 13.2. The van der Waals surface area contributed by atoms with Crippen LogP contribution in [-0.2, 0) is 11.3 Å². The highest BCUT2D eigenvalue weighted by atomic mass is 35.5. The predicted molar refractivity (Wildman–Crippen MR) is 126 cm³/mol. The molecule has 0 saturated heterocycles. The first-order valence-corrected chi connectivity index (χ1v) is 10.9. The van der Waals surface area contributed by atoms with Gasteiger partial charge in [-0.05, 0) is 30.2 Å². The number of hydrogen-bond donors (Lipinski definition) is 1. The molecule has 6 nitrogen and oxygen atoms in total. The number of benzene rings is 2. The number of amides is 1. The zero-order valence-electron chi connectivity index (χ0n) is 16.3. The molecule has 2 aromatic heterocycles. The van der Waals surface area contributed by atoms with Crippen molar-refractivity contribution < 1.29 is 4.79 Å². The maximum Gasteiger partial charge on any atom is 0.263 e. The summed E-state index contributed by atoms with van der Waals surface area (Å²) < 4.78 is 1.27. The van der Waals surface area contributed by atoms with Crippen LogP contribution in [0.3, 0.4) is 0 Å². The maximum atomic E-state index is 13.0. The number of carbonyl (C=O) groups excluding carboxylic acids is 1. The maximum absolute atomic E-state index is 13.0. The van der Waals surface area contributed by atoms with E-state index in [1.807, 2.05) is 36.6 Å². The molecule has 0 fully saturated rings. The van der Waals surface area contributed by atoms with Crippen molar-refractivity contribution >= 4 is 56.9 Å². The minimum absolute atomic E-state index is 0.205. The van der Waals surface area contributed by atoms with Gasteiger partial charge >= 0.3 is 0 Å². The molecule has 0 radical (unpaired) electrons. The summed E-state index contributed by atoms with van der Waals surface area (Å²) in [6.45, 7) is 1.80. The Bertz CT molecular complexity index is 1360. The average Bonchev–Trinajstić information content (AvgIpc) is 3.18. The van der Waals surface area contributed by atoms with E-state index in [-0.39, 0.29) is 12.1 Å². The highest BCUT2D eigenvalue weighted by Crippen LogP contribution is 2.30. The van der Waals surface area contributed by atoms with Crippen LogP contribution in [0.4, 0.5) is 0 Å². The first-order chi connectivity index (χ1) is 14.9. The van der Waals surface area contributed by atoms with Gasteiger partial charge in [0.1, 0.15) is 11.4 Å². The van der Waals surface area contributed by atoms with Gasteiger partial charge in [-0.2, -0.15) is 5.10 Å². The first-order valence-electron chi connectivity index (χ1n) is 9.23. The van der Waals surface area contributed by atoms with Gasteiger partial charge in [-0.1, -0.05) is 59.1 Å². The van der Waals surface area contributed by atoms with Crippen LogP contribution in [0.25, 0.3) is 21.3 Å². The van der Waals surface area contributed by atoms with E-state index in [9.17, 15) is 9.59 Å². The number of fused-ring (bicyclic) bond motifs is 1. The standard InChI is InChI=1S/C22H16Cl2N4O2S/c1-13-2-5-15(6-3-13)16-11-31-21-20(16)22(30)28(12-25-21)10-19(29)27-26-9-14-4-7-17(23)18(24)8-14/h2-9,11-12H,10H2,1H3,(H,27,29)/b26-9+. The van der Waals surface area contributed by atoms with Crippen LogP contribution < -0.4 is 11.0 Å². The van der Waals surface area contributed by atoms with Gasteiger partial charge in [0.25, 0.3) is 11.5 Å². The van der Waals surface area contributed by atoms with Crippen molar-refractivity contribution in [3.63, 3.8) is 0 Å². The van der Waals surface area contributed by atoms with Gasteiger partial charge < -0.3 is 0 Å². The molecule has 1 amide bonds. The Morgan fingerprint density at radius 3 is 2.71 bits per heavy atom. The van der Waals surface area contributed by atoms with Crippen LogP contribution in [0.1, 0.15) is 11.1 Å². The molecule has 2 aromatic carbocycles. The monoisotopic (exact) mass is 470 g/mol. The fourth-order valence-electron chi connectivity index (χ4n) is 2.99. The predicted octanol–water partition coefficient (Wildman–Crippen LogP) is 4.89. The lowest BCUT2D eigenvalue weighted by Crippen LogP contribution is -2.30. The molecule has 0 saturated carbocycles. The topological polar surface area (TPSA) is 76.3 Å². The van der Waals surface area contributed by atoms with Crippen LogP contribution in [0.5, 0.6) is 0 Å². The lowest BCUT2D eigenvalue weighted by atomic mass is 10.1. The molecular formula is C22H16Cl2N4O2S. The number of aromatic nitrogens is 2. The van der Waals surface area contributed by atoms with Crippen molar-refractivity contribution in [2.45, 2.75) is 13.5 Å². The largest absolute Gasteiger partial charge is 0.289 e. The van der Waals surface area contributed by atoms with E-state index < -0.39 is 5.91 Å². The number of rotatable bonds is 5. The summed E-state index contributed by atoms with van der Waals surface area (Å²) in [6.07, 6.45) is 2.82. The van der Waals surface area contributed by atoms with Gasteiger partial charge in [-0.15, -0.1) is 11.3 Å². The van der Waals surface area contributed by atoms with Crippen LogP contribution in [0.15, 0.2) is 64.1 Å². The normalized spacial score (nSPS) is 11.3. The third kappa shape index (κ3) is 4.69. The number of thiophene rings is 1. The SMILES string of the molecule is Cc1ccc(-c2csc3ncn(CC(=O)N/N=C/c4ccc(Cl)c(Cl)c4)c(=O)c23)cc1. The van der Waals surface area contributed by atoms with E-state index in [4.69, 9.17) is 23.2 Å². The third-order valence-electron chi connectivity index (χ3n) is 4.58. The Morgan fingerprint density at radius 2 is 1.97 bits per heavy atom. The number of carbonyl (C=O) groups is 1. The Hall–Kier alpha value is -3.00. The zero-order chi connectivity index (χ0) is 22.0. The van der Waals surface area contributed by atoms with Crippen molar-refractivity contribution in [1.29, 1.82) is 0 Å². The summed E-state index contributed by atoms with van der Waals surface area (Å²) in [6, 6.07) is 12.9. The molecule has 0 aliphatic rings. The second-order valence-corrected chi connectivity index (χ2v) is 8.51. The highest BCUT2D eigenvalue weighted by molar-refractivity contribution is 7.17. The van der Waals surface area contributed by atoms with Crippen molar-refractivity contribution in [1.82, 2.24) is 15.0 Å². The molecule has 156 valence electrons. The smallest absolute Gasteiger partial charge is 0.263 e. The van der Waals surface area contributed by atoms with E-state index in [1.165, 1.54) is 28.4 Å². The summed E-state index contributed by atoms with van der Waals surface area (Å²) in [5.74, 6) is -0.452. The number of nitrogens with one attached hydrogen (secondary N) is 1. The summed E-state index contributed by atoms with van der Waals surface area (Å²) in [5, 5.41) is 7.14. The fourth-order valence-corrected chi connectivity index (χ4v) is 4.20. The minimum atomic E-state index is -0.452. The number of nitrogens with zero attached hydrogens (tertiary/aromatic N) is 3. The number of hydrazone groups is 1. The molecule has 31 heavy (non-hydrogen) atoms. The molecule has 9 heteroatoms. The second-order valence-electron chi connectivity index (χ2n) is 6.84. The molecule has 0 spiro atoms. The number of halogens is 2. The highest BCUT2D eigenvalue weighted by Gasteiger charge is 2.14. The molecule has 0 aliphatic carbocycles. The lowest BCUT2D eigenvalue weighted by Gasteiger charge is -2.05. The number of hydrogen-bond acceptors (Lipinski definition) is 5. The van der Waals surface area contributed by atoms with Gasteiger partial charge in [0.05, 0.1) is 28.0 Å². The molecule has 0 aliphatic heterocycles. The van der Waals surface area contributed by atoms with Gasteiger partial charge in [-0.25, -0.2) is 10.4 Å². The van der Waals surface area contributed by atoms with Gasteiger partial charge in [0.15, 0.2) is 0 Å². The third-order valence-corrected chi connectivity index (χ3v) is 6.21. The van der Waals surface area contributed by atoms with Crippen molar-refractivity contribution in [3.05, 3.63) is 85.7 Å². The van der Waals surface area contributed by atoms with E-state index in [0.717, 1.165) is 16.7 Å². The Kier molecular flexibility index (Phi) is 6.18. The summed E-state index contributed by atoms with van der Waals surface area (Å²) in [7, 11) is 0. The molecule has 0 bridgehead atoms. The summed E-state index contributed by atoms with van der Waals surface area (Å²) in [4.78, 5) is 30.3. The quantitative estimate of drug-likeness (QED) is 0.333. The zero-order valence-corrected chi connectivity index (χ0v) is 18.6. The molecule has 2 heterocycles. The molecule has 4 aromatic rings. The fraction of sp³-hybridized carbons (Fsp3) is 0.0909. The molecular weight excluding hydrogens is 455 g/mol. The molecule has 4 rings (SSSR count). The Morgan fingerprint density at radius 1 is 1.19 bits per heavy atom. The average molecular weight is 471 g/mol. The molecule has 1 N–H and O–H groups in total. The second kappa shape index (κ2) is 9.01. The van der Waals surface area contributed by atoms with Gasteiger partial charge in [0.2, 0.25) is 0 Å². The van der Waals surface area contributed by atoms with E-state index >= 15 is 0 Å². The summed E-state index contributed by atoms with van der Waals surface area (Å²) in [5.41, 5.74) is 5.69. The van der Waals surface area contributed by atoms with Crippen LogP contribution in [0, 0.1) is 6.92 Å². The van der Waals surface area contributed by atoms with Crippen molar-refractivity contribution in [2.75, 3.05) is 0 Å². The first kappa shape index (κ1) is 21.2.